The van der Waals surface area contributed by atoms with E-state index in [-0.39, 0.29) is 17.8 Å². The molecule has 3 atom stereocenters. The third-order valence-corrected chi connectivity index (χ3v) is 16.1. The third-order valence-electron chi connectivity index (χ3n) is 13.9. The van der Waals surface area contributed by atoms with Crippen molar-refractivity contribution < 1.29 is 13.9 Å². The lowest BCUT2D eigenvalue weighted by atomic mass is 9.86. The van der Waals surface area contributed by atoms with Crippen LogP contribution in [0.1, 0.15) is 95.6 Å². The van der Waals surface area contributed by atoms with E-state index >= 15 is 0 Å². The molecule has 0 radical (unpaired) electrons. The SMILES string of the molecule is Cc1ccc([S+]([O-])N=CC2c3ccccc3CCc3ccccc32)cc1.O=CC1c2ccccc2CCc2ccccc21.[C-]#[N+][C@@H](N[S+]([O-])c1ccc(C)cc1)C1c2ccccc2CCc2ccccc21. The van der Waals surface area contributed by atoms with Crippen LogP contribution >= 0.6 is 0 Å². The van der Waals surface area contributed by atoms with E-state index in [1.165, 1.54) is 55.6 Å². The van der Waals surface area contributed by atoms with Gasteiger partial charge in [0.25, 0.3) is 0 Å². The molecule has 1 N–H and O–H groups in total. The zero-order valence-electron chi connectivity index (χ0n) is 40.1. The van der Waals surface area contributed by atoms with E-state index in [0.717, 1.165) is 72.0 Å². The van der Waals surface area contributed by atoms with Gasteiger partial charge in [0.15, 0.2) is 9.79 Å². The number of nitrogens with one attached hydrogen (secondary N) is 1. The van der Waals surface area contributed by atoms with Gasteiger partial charge in [-0.2, -0.15) is 0 Å². The molecule has 71 heavy (non-hydrogen) atoms. The summed E-state index contributed by atoms with van der Waals surface area (Å²) < 4.78 is 33.1. The summed E-state index contributed by atoms with van der Waals surface area (Å²) in [5, 5.41) is 0. The minimum absolute atomic E-state index is 0.0410. The molecule has 0 heterocycles. The van der Waals surface area contributed by atoms with Crippen molar-refractivity contribution in [1.29, 1.82) is 0 Å². The Morgan fingerprint density at radius 2 is 0.817 bits per heavy atom. The van der Waals surface area contributed by atoms with Crippen molar-refractivity contribution in [3.05, 3.63) is 283 Å². The van der Waals surface area contributed by atoms with Gasteiger partial charge in [-0.15, -0.1) is 0 Å². The lowest BCUT2D eigenvalue weighted by molar-refractivity contribution is -0.108. The van der Waals surface area contributed by atoms with Crippen molar-refractivity contribution in [3.8, 4) is 0 Å². The van der Waals surface area contributed by atoms with Gasteiger partial charge in [0.1, 0.15) is 23.6 Å². The van der Waals surface area contributed by atoms with Crippen LogP contribution in [0, 0.1) is 20.4 Å². The second-order valence-corrected chi connectivity index (χ2v) is 20.8. The normalized spacial score (nSPS) is 15.3. The molecule has 11 rings (SSSR count). The average molecular weight is 968 g/mol. The van der Waals surface area contributed by atoms with Gasteiger partial charge in [0.05, 0.1) is 23.5 Å². The number of nitrogens with zero attached hydrogens (tertiary/aromatic N) is 2. The molecule has 0 aliphatic heterocycles. The van der Waals surface area contributed by atoms with Crippen LogP contribution in [0.5, 0.6) is 0 Å². The number of benzene rings is 8. The van der Waals surface area contributed by atoms with Crippen molar-refractivity contribution in [2.24, 2.45) is 4.40 Å². The zero-order chi connectivity index (χ0) is 49.1. The largest absolute Gasteiger partial charge is 0.593 e. The van der Waals surface area contributed by atoms with Crippen LogP contribution in [-0.2, 0) is 66.0 Å². The van der Waals surface area contributed by atoms with Gasteiger partial charge in [-0.25, -0.2) is 6.57 Å². The van der Waals surface area contributed by atoms with Crippen molar-refractivity contribution in [1.82, 2.24) is 4.72 Å². The molecule has 0 saturated carbocycles. The van der Waals surface area contributed by atoms with Crippen molar-refractivity contribution in [3.63, 3.8) is 0 Å². The molecule has 8 aromatic rings. The standard InChI is InChI=1S/C24H22N2OS.C23H21NOS.C16H14O/c1-17-11-15-20(16-12-17)28(27)26-24(25-2)23-21-9-5-3-7-18(21)13-14-19-8-4-6-10-22(19)23;1-17-10-14-20(15-11-17)26(25)24-16-23-21-8-4-2-6-18(21)12-13-19-7-3-5-9-22(19)23;17-11-16-14-7-3-1-5-12(14)9-10-13-6-2-4-8-15(13)16/h3-12,15-16,23-24,26H,13-14H2,1H3;2-11,14-16,23H,12-13H2,1H3;1-8,11,16H,9-10H2/t24-,28?;;/m0../s1. The summed E-state index contributed by atoms with van der Waals surface area (Å²) in [6.45, 7) is 11.9. The Morgan fingerprint density at radius 1 is 0.493 bits per heavy atom. The lowest BCUT2D eigenvalue weighted by Gasteiger charge is -2.22. The highest BCUT2D eigenvalue weighted by Crippen LogP contribution is 2.38. The number of aldehydes is 1. The molecular weight excluding hydrogens is 911 g/mol. The minimum Gasteiger partial charge on any atom is -0.593 e. The molecule has 8 heteroatoms. The van der Waals surface area contributed by atoms with Crippen LogP contribution in [0.3, 0.4) is 0 Å². The molecule has 0 spiro atoms. The first kappa shape index (κ1) is 49.2. The highest BCUT2D eigenvalue weighted by molar-refractivity contribution is 7.90. The smallest absolute Gasteiger partial charge is 0.325 e. The fourth-order valence-electron chi connectivity index (χ4n) is 10.2. The van der Waals surface area contributed by atoms with Crippen LogP contribution in [0.2, 0.25) is 0 Å². The molecule has 3 aliphatic rings. The average Bonchev–Trinajstić information content (AvgIpc) is 3.77. The summed E-state index contributed by atoms with van der Waals surface area (Å²) in [6.07, 6.45) is 8.35. The first-order valence-electron chi connectivity index (χ1n) is 24.4. The van der Waals surface area contributed by atoms with Crippen molar-refractivity contribution in [2.75, 3.05) is 0 Å². The summed E-state index contributed by atoms with van der Waals surface area (Å²) in [6, 6.07) is 65.6. The number of fused-ring (bicyclic) bond motifs is 6. The fraction of sp³-hybridized carbons (Fsp3) is 0.190. The van der Waals surface area contributed by atoms with Crippen LogP contribution in [0.25, 0.3) is 4.85 Å². The first-order valence-corrected chi connectivity index (χ1v) is 26.6. The molecule has 0 fully saturated rings. The molecule has 0 bridgehead atoms. The maximum Gasteiger partial charge on any atom is 0.325 e. The topological polar surface area (TPSA) is 91.9 Å². The molecule has 354 valence electrons. The Bertz CT molecular complexity index is 3020. The van der Waals surface area contributed by atoms with Gasteiger partial charge < -0.3 is 13.9 Å². The van der Waals surface area contributed by atoms with E-state index in [1.807, 2.05) is 92.9 Å². The third kappa shape index (κ3) is 11.5. The Labute approximate surface area is 425 Å². The van der Waals surface area contributed by atoms with E-state index in [1.54, 1.807) is 0 Å². The predicted molar refractivity (Wildman–Crippen MR) is 290 cm³/mol. The summed E-state index contributed by atoms with van der Waals surface area (Å²) in [7, 11) is 0. The number of rotatable bonds is 8. The van der Waals surface area contributed by atoms with Crippen molar-refractivity contribution >= 4 is 35.2 Å². The lowest BCUT2D eigenvalue weighted by Crippen LogP contribution is -2.37. The molecule has 0 amide bonds. The predicted octanol–water partition coefficient (Wildman–Crippen LogP) is 12.9. The molecule has 2 unspecified atom stereocenters. The molecule has 0 saturated heterocycles. The van der Waals surface area contributed by atoms with Crippen LogP contribution in [0.4, 0.5) is 0 Å². The molecule has 3 aliphatic carbocycles. The van der Waals surface area contributed by atoms with Gasteiger partial charge in [-0.1, -0.05) is 190 Å². The van der Waals surface area contributed by atoms with E-state index in [0.29, 0.717) is 4.90 Å². The number of hydrogen-bond acceptors (Lipinski definition) is 5. The van der Waals surface area contributed by atoms with Gasteiger partial charge in [-0.3, -0.25) is 4.85 Å². The number of carbonyl (C=O) groups excluding carboxylic acids is 1. The highest BCUT2D eigenvalue weighted by Gasteiger charge is 2.38. The van der Waals surface area contributed by atoms with E-state index in [2.05, 4.69) is 135 Å². The Kier molecular flexibility index (Phi) is 16.2. The van der Waals surface area contributed by atoms with Crippen LogP contribution in [0.15, 0.2) is 208 Å². The van der Waals surface area contributed by atoms with Gasteiger partial charge in [0.2, 0.25) is 0 Å². The Morgan fingerprint density at radius 3 is 1.18 bits per heavy atom. The minimum atomic E-state index is -1.45. The van der Waals surface area contributed by atoms with E-state index in [4.69, 9.17) is 6.57 Å². The molecule has 8 aromatic carbocycles. The first-order chi connectivity index (χ1) is 34.8. The zero-order valence-corrected chi connectivity index (χ0v) is 41.8. The molecule has 6 nitrogen and oxygen atoms in total. The summed E-state index contributed by atoms with van der Waals surface area (Å²) in [4.78, 5) is 16.7. The summed E-state index contributed by atoms with van der Waals surface area (Å²) in [5.41, 5.74) is 17.3. The number of hydrogen-bond donors (Lipinski definition) is 1. The van der Waals surface area contributed by atoms with Crippen molar-refractivity contribution in [2.45, 2.75) is 86.1 Å². The summed E-state index contributed by atoms with van der Waals surface area (Å²) >= 11 is -2.83. The second kappa shape index (κ2) is 23.4. The number of carbonyl (C=O) groups is 1. The molecule has 0 aromatic heterocycles. The van der Waals surface area contributed by atoms with Crippen LogP contribution in [-0.4, -0.2) is 27.8 Å². The van der Waals surface area contributed by atoms with Gasteiger partial charge in [0, 0.05) is 5.92 Å². The van der Waals surface area contributed by atoms with Crippen LogP contribution < -0.4 is 4.72 Å². The highest BCUT2D eigenvalue weighted by atomic mass is 32.2. The number of aryl methyl sites for hydroxylation is 8. The van der Waals surface area contributed by atoms with Gasteiger partial charge in [-0.05, 0) is 143 Å². The maximum absolute atomic E-state index is 12.9. The maximum atomic E-state index is 12.9. The monoisotopic (exact) mass is 967 g/mol. The van der Waals surface area contributed by atoms with E-state index < -0.39 is 28.9 Å². The fourth-order valence-corrected chi connectivity index (χ4v) is 11.8. The quantitative estimate of drug-likeness (QED) is 0.0711. The summed E-state index contributed by atoms with van der Waals surface area (Å²) in [5.74, 6) is -0.203. The van der Waals surface area contributed by atoms with E-state index in [9.17, 15) is 13.9 Å². The van der Waals surface area contributed by atoms with Gasteiger partial charge >= 0.3 is 6.17 Å². The molecular formula is C63H57N3O3S2. The Hall–Kier alpha value is -6.83. The Balaban J connectivity index is 0.000000136. The second-order valence-electron chi connectivity index (χ2n) is 18.4.